The average Bonchev–Trinajstić information content (AvgIpc) is 3.58. The van der Waals surface area contributed by atoms with Gasteiger partial charge in [0.05, 0.1) is 16.9 Å². The van der Waals surface area contributed by atoms with E-state index in [1.165, 1.54) is 5.56 Å². The van der Waals surface area contributed by atoms with Crippen molar-refractivity contribution < 1.29 is 4.42 Å². The van der Waals surface area contributed by atoms with Gasteiger partial charge < -0.3 is 4.42 Å². The number of rotatable bonds is 5. The zero-order valence-electron chi connectivity index (χ0n) is 27.5. The molecule has 3 heterocycles. The number of hydrogen-bond donors (Lipinski definition) is 0. The molecule has 10 aromatic rings. The van der Waals surface area contributed by atoms with E-state index in [1.807, 2.05) is 54.6 Å². The molecule has 0 radical (unpaired) electrons. The third kappa shape index (κ3) is 5.13. The maximum Gasteiger partial charge on any atom is 0.179 e. The van der Waals surface area contributed by atoms with Gasteiger partial charge in [-0.25, -0.2) is 15.0 Å². The highest BCUT2D eigenvalue weighted by molar-refractivity contribution is 6.07. The summed E-state index contributed by atoms with van der Waals surface area (Å²) in [5.41, 5.74) is 11.9. The lowest BCUT2D eigenvalue weighted by atomic mass is 9.92. The fourth-order valence-electron chi connectivity index (χ4n) is 7.19. The Labute approximate surface area is 294 Å². The van der Waals surface area contributed by atoms with Crippen molar-refractivity contribution in [3.05, 3.63) is 176 Å². The highest BCUT2D eigenvalue weighted by Crippen LogP contribution is 2.39. The molecule has 51 heavy (non-hydrogen) atoms. The van der Waals surface area contributed by atoms with Gasteiger partial charge >= 0.3 is 0 Å². The maximum atomic E-state index is 6.10. The minimum Gasteiger partial charge on any atom is -0.456 e. The number of aromatic nitrogens is 3. The summed E-state index contributed by atoms with van der Waals surface area (Å²) < 4.78 is 6.10. The molecule has 10 rings (SSSR count). The third-order valence-electron chi connectivity index (χ3n) is 9.71. The average molecular weight is 652 g/mol. The first-order valence-electron chi connectivity index (χ1n) is 17.1. The van der Waals surface area contributed by atoms with Crippen LogP contribution in [0.1, 0.15) is 0 Å². The van der Waals surface area contributed by atoms with Crippen LogP contribution in [0, 0.1) is 0 Å². The lowest BCUT2D eigenvalue weighted by molar-refractivity contribution is 0.669. The van der Waals surface area contributed by atoms with E-state index in [0.29, 0.717) is 5.82 Å². The summed E-state index contributed by atoms with van der Waals surface area (Å²) in [6.45, 7) is 0. The molecule has 0 aliphatic heterocycles. The standard InChI is InChI=1S/C47H29N3O/c1-2-11-30(12-3-1)43-29-44(50-47(49-43)42-25-21-31-13-4-8-19-41(31)48-42)38-24-23-35(36-16-5-6-17-37(36)38)34-15-10-14-32(27-34)33-22-26-46-40(28-33)39-18-7-9-20-45(39)51-46/h1-29H. The first-order chi connectivity index (χ1) is 25.2. The quantitative estimate of drug-likeness (QED) is 0.186. The number of nitrogens with zero attached hydrogens (tertiary/aromatic N) is 3. The van der Waals surface area contributed by atoms with E-state index in [1.54, 1.807) is 0 Å². The van der Waals surface area contributed by atoms with Crippen molar-refractivity contribution in [3.63, 3.8) is 0 Å². The highest BCUT2D eigenvalue weighted by Gasteiger charge is 2.16. The molecule has 0 unspecified atom stereocenters. The number of para-hydroxylation sites is 2. The van der Waals surface area contributed by atoms with Crippen LogP contribution in [-0.4, -0.2) is 15.0 Å². The van der Waals surface area contributed by atoms with E-state index < -0.39 is 0 Å². The van der Waals surface area contributed by atoms with Crippen molar-refractivity contribution in [3.8, 4) is 56.3 Å². The van der Waals surface area contributed by atoms with Crippen molar-refractivity contribution in [1.29, 1.82) is 0 Å². The molecular formula is C47H29N3O. The summed E-state index contributed by atoms with van der Waals surface area (Å²) in [6, 6.07) is 61.1. The lowest BCUT2D eigenvalue weighted by Crippen LogP contribution is -1.98. The Hall–Kier alpha value is -6.91. The molecule has 4 heteroatoms. The molecule has 0 N–H and O–H groups in total. The van der Waals surface area contributed by atoms with Crippen molar-refractivity contribution >= 4 is 43.6 Å². The zero-order valence-corrected chi connectivity index (χ0v) is 27.5. The highest BCUT2D eigenvalue weighted by atomic mass is 16.3. The number of benzene rings is 7. The van der Waals surface area contributed by atoms with Crippen molar-refractivity contribution in [2.75, 3.05) is 0 Å². The Morgan fingerprint density at radius 2 is 1.00 bits per heavy atom. The van der Waals surface area contributed by atoms with Crippen LogP contribution in [-0.2, 0) is 0 Å². The van der Waals surface area contributed by atoms with Gasteiger partial charge in [0.25, 0.3) is 0 Å². The predicted molar refractivity (Wildman–Crippen MR) is 209 cm³/mol. The molecule has 0 aliphatic rings. The van der Waals surface area contributed by atoms with Gasteiger partial charge in [0.2, 0.25) is 0 Å². The van der Waals surface area contributed by atoms with Crippen LogP contribution in [0.3, 0.4) is 0 Å². The second-order valence-electron chi connectivity index (χ2n) is 12.8. The number of hydrogen-bond acceptors (Lipinski definition) is 4. The largest absolute Gasteiger partial charge is 0.456 e. The second kappa shape index (κ2) is 11.9. The predicted octanol–water partition coefficient (Wildman–Crippen LogP) is 12.4. The summed E-state index contributed by atoms with van der Waals surface area (Å²) in [6.07, 6.45) is 0. The molecule has 0 spiro atoms. The van der Waals surface area contributed by atoms with Crippen LogP contribution in [0.25, 0.3) is 99.9 Å². The molecular weight excluding hydrogens is 623 g/mol. The summed E-state index contributed by atoms with van der Waals surface area (Å²) >= 11 is 0. The molecule has 0 atom stereocenters. The first kappa shape index (κ1) is 29.0. The van der Waals surface area contributed by atoms with Crippen molar-refractivity contribution in [2.45, 2.75) is 0 Å². The smallest absolute Gasteiger partial charge is 0.179 e. The molecule has 0 aliphatic carbocycles. The SMILES string of the molecule is c1ccc(-c2cc(-c3ccc(-c4cccc(-c5ccc6oc7ccccc7c6c5)c4)c4ccccc34)nc(-c3ccc4ccccc4n3)n2)cc1. The minimum atomic E-state index is 0.598. The second-order valence-corrected chi connectivity index (χ2v) is 12.8. The normalized spacial score (nSPS) is 11.5. The summed E-state index contributed by atoms with van der Waals surface area (Å²) in [4.78, 5) is 15.2. The van der Waals surface area contributed by atoms with Crippen LogP contribution >= 0.6 is 0 Å². The number of furan rings is 1. The van der Waals surface area contributed by atoms with E-state index in [9.17, 15) is 0 Å². The number of fused-ring (bicyclic) bond motifs is 5. The first-order valence-corrected chi connectivity index (χ1v) is 17.1. The minimum absolute atomic E-state index is 0.598. The Kier molecular flexibility index (Phi) is 6.78. The van der Waals surface area contributed by atoms with Crippen LogP contribution in [0.4, 0.5) is 0 Å². The number of pyridine rings is 1. The Morgan fingerprint density at radius 1 is 0.333 bits per heavy atom. The van der Waals surface area contributed by atoms with Gasteiger partial charge in [-0.05, 0) is 75.5 Å². The van der Waals surface area contributed by atoms with E-state index in [-0.39, 0.29) is 0 Å². The van der Waals surface area contributed by atoms with Gasteiger partial charge in [-0.1, -0.05) is 133 Å². The maximum absolute atomic E-state index is 6.10. The van der Waals surface area contributed by atoms with Crippen LogP contribution < -0.4 is 0 Å². The lowest BCUT2D eigenvalue weighted by Gasteiger charge is -2.14. The van der Waals surface area contributed by atoms with Gasteiger partial charge in [0.15, 0.2) is 5.82 Å². The third-order valence-corrected chi connectivity index (χ3v) is 9.71. The molecule has 0 bridgehead atoms. The molecule has 0 saturated carbocycles. The molecule has 238 valence electrons. The molecule has 0 fully saturated rings. The Balaban J connectivity index is 1.11. The van der Waals surface area contributed by atoms with Crippen LogP contribution in [0.5, 0.6) is 0 Å². The topological polar surface area (TPSA) is 51.8 Å². The monoisotopic (exact) mass is 651 g/mol. The fourth-order valence-corrected chi connectivity index (χ4v) is 7.19. The fraction of sp³-hybridized carbons (Fsp3) is 0. The van der Waals surface area contributed by atoms with Gasteiger partial charge in [0.1, 0.15) is 16.9 Å². The van der Waals surface area contributed by atoms with Gasteiger partial charge in [0, 0.05) is 27.3 Å². The van der Waals surface area contributed by atoms with Crippen LogP contribution in [0.15, 0.2) is 180 Å². The summed E-state index contributed by atoms with van der Waals surface area (Å²) in [5.74, 6) is 0.598. The summed E-state index contributed by atoms with van der Waals surface area (Å²) in [5, 5.41) is 5.63. The van der Waals surface area contributed by atoms with Gasteiger partial charge in [-0.15, -0.1) is 0 Å². The van der Waals surface area contributed by atoms with E-state index >= 15 is 0 Å². The molecule has 7 aromatic carbocycles. The van der Waals surface area contributed by atoms with E-state index in [0.717, 1.165) is 88.5 Å². The molecule has 0 saturated heterocycles. The van der Waals surface area contributed by atoms with Crippen LogP contribution in [0.2, 0.25) is 0 Å². The van der Waals surface area contributed by atoms with E-state index in [2.05, 4.69) is 121 Å². The van der Waals surface area contributed by atoms with Gasteiger partial charge in [-0.3, -0.25) is 0 Å². The summed E-state index contributed by atoms with van der Waals surface area (Å²) in [7, 11) is 0. The Morgan fingerprint density at radius 3 is 1.90 bits per heavy atom. The molecule has 0 amide bonds. The Bertz CT molecular complexity index is 2930. The molecule has 3 aromatic heterocycles. The van der Waals surface area contributed by atoms with Crippen molar-refractivity contribution in [2.24, 2.45) is 0 Å². The van der Waals surface area contributed by atoms with Gasteiger partial charge in [-0.2, -0.15) is 0 Å². The van der Waals surface area contributed by atoms with Crippen molar-refractivity contribution in [1.82, 2.24) is 15.0 Å². The zero-order chi connectivity index (χ0) is 33.7. The molecule has 4 nitrogen and oxygen atoms in total. The van der Waals surface area contributed by atoms with E-state index in [4.69, 9.17) is 19.4 Å².